The molecule has 0 aromatic rings. The van der Waals surface area contributed by atoms with Gasteiger partial charge in [-0.15, -0.1) is 0 Å². The third-order valence-electron chi connectivity index (χ3n) is 3.22. The largest absolute Gasteiger partial charge is 0.481 e. The van der Waals surface area contributed by atoms with E-state index in [4.69, 9.17) is 15.9 Å². The molecule has 0 rings (SSSR count). The standard InChI is InChI=1S/C14H24N4O7S2/c1-27-3-2-7(15)12(22)18-8(4-11(20)21)13(23)16-5-10(19)17-9(6-26)14(24)25/h7-9,26H,2-6,15H2,1H3,(H,16,23)(H,17,19)(H,18,22)(H,20,21)(H,24,25). The van der Waals surface area contributed by atoms with Gasteiger partial charge in [0.15, 0.2) is 0 Å². The summed E-state index contributed by atoms with van der Waals surface area (Å²) in [6.45, 7) is -0.596. The fraction of sp³-hybridized carbons (Fsp3) is 0.643. The molecule has 0 aromatic heterocycles. The number of nitrogens with one attached hydrogen (secondary N) is 3. The predicted molar refractivity (Wildman–Crippen MR) is 102 cm³/mol. The number of carbonyl (C=O) groups is 5. The van der Waals surface area contributed by atoms with E-state index in [1.807, 2.05) is 6.26 Å². The fourth-order valence-corrected chi connectivity index (χ4v) is 2.50. The minimum atomic E-state index is -1.43. The van der Waals surface area contributed by atoms with E-state index in [9.17, 15) is 24.0 Å². The summed E-state index contributed by atoms with van der Waals surface area (Å²) >= 11 is 5.26. The van der Waals surface area contributed by atoms with Gasteiger partial charge in [-0.3, -0.25) is 19.2 Å². The number of carboxylic acids is 2. The summed E-state index contributed by atoms with van der Waals surface area (Å²) < 4.78 is 0. The molecule has 0 aliphatic carbocycles. The van der Waals surface area contributed by atoms with Crippen LogP contribution in [0.25, 0.3) is 0 Å². The molecule has 11 nitrogen and oxygen atoms in total. The minimum Gasteiger partial charge on any atom is -0.481 e. The molecule has 7 N–H and O–H groups in total. The highest BCUT2D eigenvalue weighted by Gasteiger charge is 2.26. The topological polar surface area (TPSA) is 188 Å². The monoisotopic (exact) mass is 424 g/mol. The second-order valence-corrected chi connectivity index (χ2v) is 6.76. The van der Waals surface area contributed by atoms with E-state index in [1.54, 1.807) is 0 Å². The van der Waals surface area contributed by atoms with E-state index in [0.29, 0.717) is 12.2 Å². The first-order chi connectivity index (χ1) is 12.6. The number of hydrogen-bond acceptors (Lipinski definition) is 8. The van der Waals surface area contributed by atoms with Crippen LogP contribution in [0.4, 0.5) is 0 Å². The van der Waals surface area contributed by atoms with Crippen molar-refractivity contribution in [3.63, 3.8) is 0 Å². The molecule has 3 unspecified atom stereocenters. The van der Waals surface area contributed by atoms with Crippen molar-refractivity contribution in [1.82, 2.24) is 16.0 Å². The second-order valence-electron chi connectivity index (χ2n) is 5.41. The van der Waals surface area contributed by atoms with Gasteiger partial charge in [-0.05, 0) is 18.4 Å². The maximum Gasteiger partial charge on any atom is 0.327 e. The average Bonchev–Trinajstić information content (AvgIpc) is 2.60. The molecule has 0 aromatic carbocycles. The van der Waals surface area contributed by atoms with Crippen molar-refractivity contribution in [3.8, 4) is 0 Å². The van der Waals surface area contributed by atoms with Crippen molar-refractivity contribution in [2.75, 3.05) is 24.3 Å². The molecule has 0 bridgehead atoms. The van der Waals surface area contributed by atoms with Crippen molar-refractivity contribution in [2.45, 2.75) is 31.0 Å². The van der Waals surface area contributed by atoms with Crippen LogP contribution >= 0.6 is 24.4 Å². The Morgan fingerprint density at radius 2 is 1.70 bits per heavy atom. The summed E-state index contributed by atoms with van der Waals surface area (Å²) in [4.78, 5) is 57.5. The van der Waals surface area contributed by atoms with Crippen LogP contribution in [-0.4, -0.2) is 82.3 Å². The number of rotatable bonds is 13. The second kappa shape index (κ2) is 13.2. The quantitative estimate of drug-likeness (QED) is 0.159. The lowest BCUT2D eigenvalue weighted by atomic mass is 10.1. The summed E-state index contributed by atoms with van der Waals surface area (Å²) in [5.41, 5.74) is 5.67. The molecule has 0 aliphatic heterocycles. The highest BCUT2D eigenvalue weighted by Crippen LogP contribution is 2.01. The van der Waals surface area contributed by atoms with Crippen LogP contribution in [0.1, 0.15) is 12.8 Å². The molecule has 0 saturated heterocycles. The zero-order chi connectivity index (χ0) is 21.0. The van der Waals surface area contributed by atoms with E-state index in [1.165, 1.54) is 11.8 Å². The minimum absolute atomic E-state index is 0.152. The predicted octanol–water partition coefficient (Wildman–Crippen LogP) is -2.36. The third kappa shape index (κ3) is 10.7. The molecule has 13 heteroatoms. The van der Waals surface area contributed by atoms with Crippen LogP contribution in [0.5, 0.6) is 0 Å². The summed E-state index contributed by atoms with van der Waals surface area (Å²) in [5, 5.41) is 24.2. The van der Waals surface area contributed by atoms with Crippen LogP contribution in [0.3, 0.4) is 0 Å². The maximum absolute atomic E-state index is 12.1. The highest BCUT2D eigenvalue weighted by molar-refractivity contribution is 7.98. The number of thiol groups is 1. The number of carboxylic acid groups (broad SMARTS) is 2. The van der Waals surface area contributed by atoms with Gasteiger partial charge in [0, 0.05) is 5.75 Å². The van der Waals surface area contributed by atoms with Crippen LogP contribution < -0.4 is 21.7 Å². The van der Waals surface area contributed by atoms with Gasteiger partial charge in [-0.25, -0.2) is 4.79 Å². The van der Waals surface area contributed by atoms with Gasteiger partial charge >= 0.3 is 11.9 Å². The van der Waals surface area contributed by atoms with Gasteiger partial charge in [0.05, 0.1) is 19.0 Å². The van der Waals surface area contributed by atoms with Gasteiger partial charge in [0.1, 0.15) is 12.1 Å². The van der Waals surface area contributed by atoms with Crippen LogP contribution in [-0.2, 0) is 24.0 Å². The number of thioether (sulfide) groups is 1. The average molecular weight is 425 g/mol. The number of hydrogen-bond donors (Lipinski definition) is 7. The van der Waals surface area contributed by atoms with Crippen molar-refractivity contribution < 1.29 is 34.2 Å². The summed E-state index contributed by atoms with van der Waals surface area (Å²) in [5.74, 6) is -4.56. The van der Waals surface area contributed by atoms with Gasteiger partial charge in [0.25, 0.3) is 0 Å². The van der Waals surface area contributed by atoms with Crippen molar-refractivity contribution >= 4 is 54.1 Å². The number of carbonyl (C=O) groups excluding carboxylic acids is 3. The Balaban J connectivity index is 4.73. The molecule has 3 atom stereocenters. The summed E-state index contributed by atoms with van der Waals surface area (Å²) in [6.07, 6.45) is 1.47. The van der Waals surface area contributed by atoms with E-state index >= 15 is 0 Å². The molecular weight excluding hydrogens is 400 g/mol. The Labute approximate surface area is 165 Å². The Hall–Kier alpha value is -1.99. The number of amides is 3. The summed E-state index contributed by atoms with van der Waals surface area (Å²) in [7, 11) is 0. The Morgan fingerprint density at radius 3 is 2.19 bits per heavy atom. The summed E-state index contributed by atoms with van der Waals surface area (Å²) in [6, 6.07) is -3.57. The molecule has 0 spiro atoms. The van der Waals surface area contributed by atoms with E-state index in [-0.39, 0.29) is 5.75 Å². The molecule has 27 heavy (non-hydrogen) atoms. The van der Waals surface area contributed by atoms with Crippen LogP contribution in [0.15, 0.2) is 0 Å². The number of nitrogens with two attached hydrogens (primary N) is 1. The smallest absolute Gasteiger partial charge is 0.327 e. The molecule has 0 aliphatic rings. The van der Waals surface area contributed by atoms with Crippen molar-refractivity contribution in [1.29, 1.82) is 0 Å². The molecule has 0 radical (unpaired) electrons. The lowest BCUT2D eigenvalue weighted by molar-refractivity contribution is -0.142. The van der Waals surface area contributed by atoms with E-state index in [2.05, 4.69) is 28.6 Å². The first-order valence-electron chi connectivity index (χ1n) is 7.79. The van der Waals surface area contributed by atoms with Crippen molar-refractivity contribution in [3.05, 3.63) is 0 Å². The Kier molecular flexibility index (Phi) is 12.2. The molecule has 0 fully saturated rings. The molecule has 0 saturated carbocycles. The Morgan fingerprint density at radius 1 is 1.07 bits per heavy atom. The van der Waals surface area contributed by atoms with Crippen LogP contribution in [0, 0.1) is 0 Å². The third-order valence-corrected chi connectivity index (χ3v) is 4.23. The first-order valence-corrected chi connectivity index (χ1v) is 9.82. The van der Waals surface area contributed by atoms with Gasteiger partial charge in [-0.2, -0.15) is 24.4 Å². The number of aliphatic carboxylic acids is 2. The molecule has 0 heterocycles. The Bertz CT molecular complexity index is 562. The maximum atomic E-state index is 12.1. The molecule has 154 valence electrons. The van der Waals surface area contributed by atoms with Gasteiger partial charge in [-0.1, -0.05) is 0 Å². The van der Waals surface area contributed by atoms with Crippen molar-refractivity contribution in [2.24, 2.45) is 5.73 Å². The normalized spacial score (nSPS) is 13.7. The fourth-order valence-electron chi connectivity index (χ4n) is 1.76. The lowest BCUT2D eigenvalue weighted by Crippen LogP contribution is -2.54. The lowest BCUT2D eigenvalue weighted by Gasteiger charge is -2.19. The zero-order valence-corrected chi connectivity index (χ0v) is 16.3. The van der Waals surface area contributed by atoms with Gasteiger partial charge in [0.2, 0.25) is 17.7 Å². The van der Waals surface area contributed by atoms with Crippen LogP contribution in [0.2, 0.25) is 0 Å². The van der Waals surface area contributed by atoms with E-state index < -0.39 is 60.8 Å². The van der Waals surface area contributed by atoms with E-state index in [0.717, 1.165) is 0 Å². The SMILES string of the molecule is CSCCC(N)C(=O)NC(CC(=O)O)C(=O)NCC(=O)NC(CS)C(=O)O. The highest BCUT2D eigenvalue weighted by atomic mass is 32.2. The zero-order valence-electron chi connectivity index (χ0n) is 14.6. The van der Waals surface area contributed by atoms with Gasteiger partial charge < -0.3 is 31.9 Å². The first kappa shape index (κ1) is 25.0. The molecular formula is C14H24N4O7S2. The molecule has 3 amide bonds.